The standard InChI is InChI=1S/C28H27ClN6OS/c1-17(2)27(36)32-21-11-10-20(15-18(21)3)35-26(25(33-28(35)37)22-7-4-5-13-30-22)23-8-6-14-34(23)24-12-9-19(29)16-31-24/h4-17,25-26H,1-3H3,(H,32,36)(H,33,37)/t25-,26+/m1/s1. The molecule has 4 heterocycles. The van der Waals surface area contributed by atoms with Crippen molar-refractivity contribution in [2.24, 2.45) is 5.92 Å². The molecular formula is C28H27ClN6OS. The molecule has 0 saturated carbocycles. The number of anilines is 2. The molecule has 1 aromatic carbocycles. The number of nitrogens with one attached hydrogen (secondary N) is 2. The fraction of sp³-hybridized carbons (Fsp3) is 0.214. The molecule has 3 aromatic heterocycles. The molecule has 1 aliphatic heterocycles. The lowest BCUT2D eigenvalue weighted by Crippen LogP contribution is -2.30. The molecule has 5 rings (SSSR count). The molecule has 188 valence electrons. The van der Waals surface area contributed by atoms with Crippen LogP contribution in [0.3, 0.4) is 0 Å². The van der Waals surface area contributed by atoms with Gasteiger partial charge in [0, 0.05) is 41.6 Å². The second-order valence-corrected chi connectivity index (χ2v) is 10.1. The molecule has 0 bridgehead atoms. The summed E-state index contributed by atoms with van der Waals surface area (Å²) in [7, 11) is 0. The van der Waals surface area contributed by atoms with Crippen LogP contribution >= 0.6 is 23.8 Å². The molecule has 0 radical (unpaired) electrons. The number of pyridine rings is 2. The van der Waals surface area contributed by atoms with Crippen LogP contribution in [-0.2, 0) is 4.79 Å². The van der Waals surface area contributed by atoms with Crippen molar-refractivity contribution < 1.29 is 4.79 Å². The third kappa shape index (κ3) is 4.95. The fourth-order valence-electron chi connectivity index (χ4n) is 4.50. The van der Waals surface area contributed by atoms with E-state index in [4.69, 9.17) is 23.8 Å². The molecule has 2 atom stereocenters. The second kappa shape index (κ2) is 10.3. The minimum Gasteiger partial charge on any atom is -0.351 e. The first-order chi connectivity index (χ1) is 17.8. The molecule has 37 heavy (non-hydrogen) atoms. The van der Waals surface area contributed by atoms with Gasteiger partial charge in [0.15, 0.2) is 5.11 Å². The number of rotatable bonds is 6. The topological polar surface area (TPSA) is 75.1 Å². The Morgan fingerprint density at radius 1 is 1.11 bits per heavy atom. The monoisotopic (exact) mass is 530 g/mol. The normalized spacial score (nSPS) is 17.2. The number of hydrogen-bond acceptors (Lipinski definition) is 4. The van der Waals surface area contributed by atoms with Crippen LogP contribution < -0.4 is 15.5 Å². The van der Waals surface area contributed by atoms with Gasteiger partial charge in [-0.05, 0) is 79.3 Å². The number of hydrogen-bond donors (Lipinski definition) is 2. The van der Waals surface area contributed by atoms with Gasteiger partial charge in [0.2, 0.25) is 5.91 Å². The van der Waals surface area contributed by atoms with Crippen LogP contribution in [0.1, 0.15) is 42.9 Å². The predicted molar refractivity (Wildman–Crippen MR) is 151 cm³/mol. The van der Waals surface area contributed by atoms with Crippen molar-refractivity contribution in [2.45, 2.75) is 32.9 Å². The summed E-state index contributed by atoms with van der Waals surface area (Å²) < 4.78 is 2.05. The zero-order valence-electron chi connectivity index (χ0n) is 20.7. The number of nitrogens with zero attached hydrogens (tertiary/aromatic N) is 4. The van der Waals surface area contributed by atoms with Crippen molar-refractivity contribution in [3.05, 3.63) is 101 Å². The maximum absolute atomic E-state index is 12.3. The lowest BCUT2D eigenvalue weighted by atomic mass is 10.0. The highest BCUT2D eigenvalue weighted by Gasteiger charge is 2.42. The summed E-state index contributed by atoms with van der Waals surface area (Å²) in [6, 6.07) is 19.2. The molecule has 1 saturated heterocycles. The highest BCUT2D eigenvalue weighted by atomic mass is 35.5. The smallest absolute Gasteiger partial charge is 0.226 e. The number of thiocarbonyl (C=S) groups is 1. The van der Waals surface area contributed by atoms with E-state index in [1.807, 2.05) is 86.1 Å². The minimum absolute atomic E-state index is 0.0180. The number of carbonyl (C=O) groups is 1. The van der Waals surface area contributed by atoms with Gasteiger partial charge in [-0.15, -0.1) is 0 Å². The summed E-state index contributed by atoms with van der Waals surface area (Å²) in [4.78, 5) is 23.6. The van der Waals surface area contributed by atoms with Crippen molar-refractivity contribution in [2.75, 3.05) is 10.2 Å². The summed E-state index contributed by atoms with van der Waals surface area (Å²) in [5.41, 5.74) is 4.52. The number of amides is 1. The third-order valence-electron chi connectivity index (χ3n) is 6.41. The number of halogens is 1. The van der Waals surface area contributed by atoms with Crippen LogP contribution in [0, 0.1) is 12.8 Å². The van der Waals surface area contributed by atoms with E-state index >= 15 is 0 Å². The molecule has 1 aliphatic rings. The second-order valence-electron chi connectivity index (χ2n) is 9.28. The Bertz CT molecular complexity index is 1440. The summed E-state index contributed by atoms with van der Waals surface area (Å²) in [5.74, 6) is 0.632. The molecule has 1 amide bonds. The largest absolute Gasteiger partial charge is 0.351 e. The molecule has 2 N–H and O–H groups in total. The van der Waals surface area contributed by atoms with E-state index in [0.717, 1.165) is 34.1 Å². The average Bonchev–Trinajstić information content (AvgIpc) is 3.50. The molecular weight excluding hydrogens is 504 g/mol. The van der Waals surface area contributed by atoms with Gasteiger partial charge < -0.3 is 20.1 Å². The lowest BCUT2D eigenvalue weighted by molar-refractivity contribution is -0.118. The lowest BCUT2D eigenvalue weighted by Gasteiger charge is -2.29. The maximum Gasteiger partial charge on any atom is 0.226 e. The van der Waals surface area contributed by atoms with Gasteiger partial charge in [0.25, 0.3) is 0 Å². The van der Waals surface area contributed by atoms with Crippen molar-refractivity contribution in [3.63, 3.8) is 0 Å². The van der Waals surface area contributed by atoms with Crippen LogP contribution in [0.25, 0.3) is 5.82 Å². The Morgan fingerprint density at radius 3 is 2.62 bits per heavy atom. The molecule has 1 fully saturated rings. The van der Waals surface area contributed by atoms with E-state index < -0.39 is 0 Å². The Hall–Kier alpha value is -3.75. The Morgan fingerprint density at radius 2 is 1.95 bits per heavy atom. The predicted octanol–water partition coefficient (Wildman–Crippen LogP) is 6.00. The number of aromatic nitrogens is 3. The van der Waals surface area contributed by atoms with Gasteiger partial charge in [-0.1, -0.05) is 31.5 Å². The summed E-state index contributed by atoms with van der Waals surface area (Å²) in [6.07, 6.45) is 5.41. The van der Waals surface area contributed by atoms with Gasteiger partial charge in [-0.25, -0.2) is 4.98 Å². The summed E-state index contributed by atoms with van der Waals surface area (Å²) in [6.45, 7) is 5.73. The molecule has 0 aliphatic carbocycles. The number of aryl methyl sites for hydroxylation is 1. The Kier molecular flexibility index (Phi) is 6.95. The summed E-state index contributed by atoms with van der Waals surface area (Å²) in [5, 5.41) is 7.68. The SMILES string of the molecule is Cc1cc(N2C(=S)N[C@H](c3ccccn3)[C@@H]2c2cccn2-c2ccc(Cl)cn2)ccc1NC(=O)C(C)C. The first kappa shape index (κ1) is 24.9. The third-order valence-corrected chi connectivity index (χ3v) is 6.95. The van der Waals surface area contributed by atoms with Crippen molar-refractivity contribution in [3.8, 4) is 5.82 Å². The van der Waals surface area contributed by atoms with E-state index in [1.165, 1.54) is 0 Å². The molecule has 0 spiro atoms. The van der Waals surface area contributed by atoms with Gasteiger partial charge in [0.1, 0.15) is 11.9 Å². The molecule has 7 nitrogen and oxygen atoms in total. The Labute approximate surface area is 226 Å². The molecule has 0 unspecified atom stereocenters. The number of benzene rings is 1. The van der Waals surface area contributed by atoms with E-state index in [9.17, 15) is 4.79 Å². The fourth-order valence-corrected chi connectivity index (χ4v) is 4.96. The molecule has 9 heteroatoms. The van der Waals surface area contributed by atoms with Crippen LogP contribution in [-0.4, -0.2) is 25.6 Å². The average molecular weight is 531 g/mol. The maximum atomic E-state index is 12.3. The minimum atomic E-state index is -0.217. The van der Waals surface area contributed by atoms with Crippen LogP contribution in [0.4, 0.5) is 11.4 Å². The molecule has 4 aromatic rings. The highest BCUT2D eigenvalue weighted by molar-refractivity contribution is 7.80. The van der Waals surface area contributed by atoms with E-state index in [-0.39, 0.29) is 23.9 Å². The summed E-state index contributed by atoms with van der Waals surface area (Å²) >= 11 is 12.0. The Balaban J connectivity index is 1.59. The van der Waals surface area contributed by atoms with E-state index in [1.54, 1.807) is 12.4 Å². The van der Waals surface area contributed by atoms with Crippen LogP contribution in [0.2, 0.25) is 5.02 Å². The van der Waals surface area contributed by atoms with Gasteiger partial charge in [-0.3, -0.25) is 9.78 Å². The number of carbonyl (C=O) groups excluding carboxylic acids is 1. The zero-order valence-corrected chi connectivity index (χ0v) is 22.3. The van der Waals surface area contributed by atoms with E-state index in [0.29, 0.717) is 10.1 Å². The van der Waals surface area contributed by atoms with Crippen molar-refractivity contribution in [1.29, 1.82) is 0 Å². The van der Waals surface area contributed by atoms with Gasteiger partial charge >= 0.3 is 0 Å². The van der Waals surface area contributed by atoms with Crippen LogP contribution in [0.15, 0.2) is 79.3 Å². The zero-order chi connectivity index (χ0) is 26.1. The quantitative estimate of drug-likeness (QED) is 0.298. The first-order valence-electron chi connectivity index (χ1n) is 12.0. The highest BCUT2D eigenvalue weighted by Crippen LogP contribution is 2.42. The van der Waals surface area contributed by atoms with E-state index in [2.05, 4.69) is 31.6 Å². The van der Waals surface area contributed by atoms with Crippen molar-refractivity contribution >= 4 is 46.2 Å². The van der Waals surface area contributed by atoms with Crippen molar-refractivity contribution in [1.82, 2.24) is 19.9 Å². The first-order valence-corrected chi connectivity index (χ1v) is 12.8. The van der Waals surface area contributed by atoms with Crippen LogP contribution in [0.5, 0.6) is 0 Å². The van der Waals surface area contributed by atoms with Gasteiger partial charge in [0.05, 0.1) is 16.8 Å². The van der Waals surface area contributed by atoms with Gasteiger partial charge in [-0.2, -0.15) is 0 Å².